The Hall–Kier alpha value is -2.72. The molecule has 1 atom stereocenters. The van der Waals surface area contributed by atoms with Gasteiger partial charge >= 0.3 is 0 Å². The molecule has 0 aromatic heterocycles. The lowest BCUT2D eigenvalue weighted by Gasteiger charge is -2.26. The van der Waals surface area contributed by atoms with Gasteiger partial charge in [-0.25, -0.2) is 0 Å². The van der Waals surface area contributed by atoms with E-state index in [0.29, 0.717) is 5.75 Å². The van der Waals surface area contributed by atoms with E-state index in [1.54, 1.807) is 11.8 Å². The maximum Gasteiger partial charge on any atom is 0.238 e. The Morgan fingerprint density at radius 1 is 0.862 bits per heavy atom. The lowest BCUT2D eigenvalue weighted by atomic mass is 9.86. The molecule has 0 N–H and O–H groups in total. The second-order valence-electron chi connectivity index (χ2n) is 8.21. The summed E-state index contributed by atoms with van der Waals surface area (Å²) < 4.78 is 5.87. The normalized spacial score (nSPS) is 16.9. The maximum absolute atomic E-state index is 12.6. The van der Waals surface area contributed by atoms with Gasteiger partial charge in [-0.2, -0.15) is 0 Å². The van der Waals surface area contributed by atoms with Crippen molar-refractivity contribution in [2.75, 3.05) is 10.7 Å². The van der Waals surface area contributed by atoms with Crippen molar-refractivity contribution in [1.82, 2.24) is 0 Å². The molecule has 0 saturated carbocycles. The fraction of sp³-hybridized carbons (Fsp3) is 0.240. The molecular formula is C25H25NO2S. The molecule has 3 nitrogen and oxygen atoms in total. The van der Waals surface area contributed by atoms with Crippen LogP contribution in [-0.2, 0) is 10.2 Å². The van der Waals surface area contributed by atoms with Crippen molar-refractivity contribution in [3.8, 4) is 11.5 Å². The number of hydrogen-bond acceptors (Lipinski definition) is 3. The maximum atomic E-state index is 12.6. The number of ether oxygens (including phenoxy) is 1. The Balaban J connectivity index is 1.55. The molecule has 148 valence electrons. The summed E-state index contributed by atoms with van der Waals surface area (Å²) in [6.45, 7) is 6.63. The van der Waals surface area contributed by atoms with E-state index in [1.807, 2.05) is 59.5 Å². The van der Waals surface area contributed by atoms with Gasteiger partial charge in [-0.15, -0.1) is 11.8 Å². The summed E-state index contributed by atoms with van der Waals surface area (Å²) in [5.41, 5.74) is 3.46. The summed E-state index contributed by atoms with van der Waals surface area (Å²) in [5.74, 6) is 2.18. The smallest absolute Gasteiger partial charge is 0.238 e. The zero-order valence-corrected chi connectivity index (χ0v) is 17.8. The molecule has 0 spiro atoms. The lowest BCUT2D eigenvalue weighted by molar-refractivity contribution is -0.115. The van der Waals surface area contributed by atoms with Crippen molar-refractivity contribution in [2.45, 2.75) is 31.6 Å². The van der Waals surface area contributed by atoms with Crippen molar-refractivity contribution in [3.63, 3.8) is 0 Å². The van der Waals surface area contributed by atoms with Gasteiger partial charge in [-0.05, 0) is 52.9 Å². The van der Waals surface area contributed by atoms with Crippen LogP contribution in [0.4, 0.5) is 5.69 Å². The second-order valence-corrected chi connectivity index (χ2v) is 9.28. The van der Waals surface area contributed by atoms with Crippen LogP contribution in [0.25, 0.3) is 0 Å². The van der Waals surface area contributed by atoms with E-state index in [4.69, 9.17) is 4.74 Å². The van der Waals surface area contributed by atoms with Gasteiger partial charge < -0.3 is 4.74 Å². The highest BCUT2D eigenvalue weighted by atomic mass is 32.2. The molecule has 29 heavy (non-hydrogen) atoms. The molecule has 1 amide bonds. The van der Waals surface area contributed by atoms with E-state index in [-0.39, 0.29) is 16.7 Å². The first kappa shape index (κ1) is 19.6. The largest absolute Gasteiger partial charge is 0.457 e. The fourth-order valence-corrected chi connectivity index (χ4v) is 4.57. The Morgan fingerprint density at radius 3 is 2.10 bits per heavy atom. The van der Waals surface area contributed by atoms with Crippen LogP contribution in [0.2, 0.25) is 0 Å². The van der Waals surface area contributed by atoms with Crippen molar-refractivity contribution < 1.29 is 9.53 Å². The fourth-order valence-electron chi connectivity index (χ4n) is 3.40. The van der Waals surface area contributed by atoms with E-state index in [1.165, 1.54) is 5.56 Å². The van der Waals surface area contributed by atoms with Crippen LogP contribution in [0, 0.1) is 0 Å². The average Bonchev–Trinajstić information content (AvgIpc) is 3.10. The number of thioether (sulfide) groups is 1. The van der Waals surface area contributed by atoms with Crippen LogP contribution in [0.15, 0.2) is 78.9 Å². The third-order valence-corrected chi connectivity index (χ3v) is 6.24. The van der Waals surface area contributed by atoms with E-state index in [2.05, 4.69) is 45.0 Å². The highest BCUT2D eigenvalue weighted by Crippen LogP contribution is 2.42. The molecule has 0 unspecified atom stereocenters. The number of benzene rings is 3. The Morgan fingerprint density at radius 2 is 1.48 bits per heavy atom. The van der Waals surface area contributed by atoms with Crippen molar-refractivity contribution in [1.29, 1.82) is 0 Å². The van der Waals surface area contributed by atoms with Crippen molar-refractivity contribution >= 4 is 23.4 Å². The van der Waals surface area contributed by atoms with Gasteiger partial charge in [0.25, 0.3) is 0 Å². The van der Waals surface area contributed by atoms with E-state index in [0.717, 1.165) is 22.7 Å². The van der Waals surface area contributed by atoms with Gasteiger partial charge in [0.1, 0.15) is 16.9 Å². The van der Waals surface area contributed by atoms with Crippen LogP contribution < -0.4 is 9.64 Å². The SMILES string of the molecule is CC(C)(C)c1ccc([C@H]2SCC(=O)N2c2ccc(Oc3ccccc3)cc2)cc1. The van der Waals surface area contributed by atoms with E-state index >= 15 is 0 Å². The number of rotatable bonds is 4. The van der Waals surface area contributed by atoms with E-state index < -0.39 is 0 Å². The third-order valence-electron chi connectivity index (χ3n) is 5.02. The molecule has 1 aliphatic heterocycles. The quantitative estimate of drug-likeness (QED) is 0.494. The molecular weight excluding hydrogens is 378 g/mol. The number of para-hydroxylation sites is 1. The summed E-state index contributed by atoms with van der Waals surface area (Å²) in [5, 5.41) is -0.00240. The molecule has 1 aliphatic rings. The molecule has 0 radical (unpaired) electrons. The van der Waals surface area contributed by atoms with Crippen molar-refractivity contribution in [2.24, 2.45) is 0 Å². The van der Waals surface area contributed by atoms with Gasteiger partial charge in [0.2, 0.25) is 5.91 Å². The molecule has 4 heteroatoms. The minimum absolute atomic E-state index is 0.00240. The highest BCUT2D eigenvalue weighted by Gasteiger charge is 2.34. The molecule has 1 fully saturated rings. The number of anilines is 1. The summed E-state index contributed by atoms with van der Waals surface area (Å²) in [6, 6.07) is 26.1. The minimum atomic E-state index is -0.00240. The van der Waals surface area contributed by atoms with Crippen LogP contribution in [0.5, 0.6) is 11.5 Å². The van der Waals surface area contributed by atoms with Gasteiger partial charge in [0.15, 0.2) is 0 Å². The molecule has 0 aliphatic carbocycles. The second kappa shape index (κ2) is 7.96. The van der Waals surface area contributed by atoms with Gasteiger partial charge in [-0.1, -0.05) is 63.2 Å². The molecule has 4 rings (SSSR count). The summed E-state index contributed by atoms with van der Waals surface area (Å²) in [4.78, 5) is 14.5. The predicted molar refractivity (Wildman–Crippen MR) is 121 cm³/mol. The molecule has 1 saturated heterocycles. The van der Waals surface area contributed by atoms with Crippen molar-refractivity contribution in [3.05, 3.63) is 90.0 Å². The van der Waals surface area contributed by atoms with Gasteiger partial charge in [-0.3, -0.25) is 9.69 Å². The first-order valence-electron chi connectivity index (χ1n) is 9.79. The van der Waals surface area contributed by atoms with Crippen LogP contribution in [-0.4, -0.2) is 11.7 Å². The van der Waals surface area contributed by atoms with Crippen LogP contribution in [0.3, 0.4) is 0 Å². The first-order chi connectivity index (χ1) is 13.9. The average molecular weight is 404 g/mol. The third kappa shape index (κ3) is 4.33. The Kier molecular flexibility index (Phi) is 5.37. The Bertz CT molecular complexity index is 976. The highest BCUT2D eigenvalue weighted by molar-refractivity contribution is 8.00. The molecule has 1 heterocycles. The van der Waals surface area contributed by atoms with Crippen LogP contribution >= 0.6 is 11.8 Å². The molecule has 3 aromatic rings. The first-order valence-corrected chi connectivity index (χ1v) is 10.8. The lowest BCUT2D eigenvalue weighted by Crippen LogP contribution is -2.27. The summed E-state index contributed by atoms with van der Waals surface area (Å²) >= 11 is 1.67. The van der Waals surface area contributed by atoms with Gasteiger partial charge in [0.05, 0.1) is 5.75 Å². The van der Waals surface area contributed by atoms with Gasteiger partial charge in [0, 0.05) is 5.69 Å². The number of hydrogen-bond donors (Lipinski definition) is 0. The number of amides is 1. The zero-order chi connectivity index (χ0) is 20.4. The number of carbonyl (C=O) groups excluding carboxylic acids is 1. The van der Waals surface area contributed by atoms with E-state index in [9.17, 15) is 4.79 Å². The molecule has 3 aromatic carbocycles. The minimum Gasteiger partial charge on any atom is -0.457 e. The van der Waals surface area contributed by atoms with Crippen LogP contribution in [0.1, 0.15) is 37.3 Å². The standard InChI is InChI=1S/C25H25NO2S/c1-25(2,3)19-11-9-18(10-12-19)24-26(23(27)17-29-24)20-13-15-22(16-14-20)28-21-7-5-4-6-8-21/h4-16,24H,17H2,1-3H3/t24-/m1/s1. The summed E-state index contributed by atoms with van der Waals surface area (Å²) in [7, 11) is 0. The zero-order valence-electron chi connectivity index (χ0n) is 17.0. The predicted octanol–water partition coefficient (Wildman–Crippen LogP) is 6.56. The summed E-state index contributed by atoms with van der Waals surface area (Å²) in [6.07, 6.45) is 0. The number of carbonyl (C=O) groups is 1. The monoisotopic (exact) mass is 403 g/mol. The number of nitrogens with zero attached hydrogens (tertiary/aromatic N) is 1. The topological polar surface area (TPSA) is 29.5 Å². The molecule has 0 bridgehead atoms. The Labute approximate surface area is 176 Å².